The van der Waals surface area contributed by atoms with Crippen LogP contribution in [0.25, 0.3) is 5.69 Å². The van der Waals surface area contributed by atoms with E-state index in [1.807, 2.05) is 48.1 Å². The highest BCUT2D eigenvalue weighted by Crippen LogP contribution is 2.16. The van der Waals surface area contributed by atoms with Crippen molar-refractivity contribution in [2.24, 2.45) is 4.99 Å². The van der Waals surface area contributed by atoms with Crippen LogP contribution in [-0.4, -0.2) is 34.3 Å². The van der Waals surface area contributed by atoms with E-state index in [0.29, 0.717) is 6.54 Å². The number of guanidine groups is 1. The Bertz CT molecular complexity index is 898. The lowest BCUT2D eigenvalue weighted by atomic mass is 10.1. The first kappa shape index (κ1) is 18.6. The average Bonchev–Trinajstić information content (AvgIpc) is 3.03. The van der Waals surface area contributed by atoms with E-state index in [-0.39, 0.29) is 0 Å². The van der Waals surface area contributed by atoms with Crippen LogP contribution >= 0.6 is 0 Å². The molecule has 2 N–H and O–H groups in total. The SMILES string of the molecule is CN=C(NCCc1ccccn1)NCc1ccccc1-n1nc(C)cc1C. The topological polar surface area (TPSA) is 67.1 Å². The van der Waals surface area contributed by atoms with Gasteiger partial charge in [0.2, 0.25) is 0 Å². The molecule has 2 heterocycles. The van der Waals surface area contributed by atoms with E-state index >= 15 is 0 Å². The highest BCUT2D eigenvalue weighted by molar-refractivity contribution is 5.79. The monoisotopic (exact) mass is 362 g/mol. The minimum Gasteiger partial charge on any atom is -0.356 e. The molecule has 2 aromatic heterocycles. The molecule has 3 aromatic rings. The van der Waals surface area contributed by atoms with Crippen LogP contribution in [0, 0.1) is 13.8 Å². The van der Waals surface area contributed by atoms with Gasteiger partial charge in [0.05, 0.1) is 11.4 Å². The van der Waals surface area contributed by atoms with Gasteiger partial charge in [-0.2, -0.15) is 5.10 Å². The lowest BCUT2D eigenvalue weighted by molar-refractivity contribution is 0.770. The number of benzene rings is 1. The largest absolute Gasteiger partial charge is 0.356 e. The molecule has 1 aromatic carbocycles. The number of aliphatic imine (C=N–C) groups is 1. The van der Waals surface area contributed by atoms with Gasteiger partial charge in [-0.15, -0.1) is 0 Å². The summed E-state index contributed by atoms with van der Waals surface area (Å²) in [5, 5.41) is 11.3. The Hall–Kier alpha value is -3.15. The maximum Gasteiger partial charge on any atom is 0.191 e. The summed E-state index contributed by atoms with van der Waals surface area (Å²) in [5.41, 5.74) is 5.45. The molecule has 0 atom stereocenters. The number of para-hydroxylation sites is 1. The number of pyridine rings is 1. The Labute approximate surface area is 160 Å². The lowest BCUT2D eigenvalue weighted by Crippen LogP contribution is -2.38. The number of nitrogens with one attached hydrogen (secondary N) is 2. The van der Waals surface area contributed by atoms with E-state index in [4.69, 9.17) is 0 Å². The summed E-state index contributed by atoms with van der Waals surface area (Å²) in [6.07, 6.45) is 2.67. The quantitative estimate of drug-likeness (QED) is 0.523. The van der Waals surface area contributed by atoms with Gasteiger partial charge in [0, 0.05) is 44.1 Å². The summed E-state index contributed by atoms with van der Waals surface area (Å²) < 4.78 is 1.99. The van der Waals surface area contributed by atoms with Crippen LogP contribution in [0.2, 0.25) is 0 Å². The molecular weight excluding hydrogens is 336 g/mol. The van der Waals surface area contributed by atoms with E-state index < -0.39 is 0 Å². The Balaban J connectivity index is 1.61. The number of hydrogen-bond acceptors (Lipinski definition) is 3. The summed E-state index contributed by atoms with van der Waals surface area (Å²) in [7, 11) is 1.78. The first-order valence-corrected chi connectivity index (χ1v) is 9.13. The molecule has 0 spiro atoms. The van der Waals surface area contributed by atoms with Crippen LogP contribution in [0.15, 0.2) is 59.7 Å². The maximum atomic E-state index is 4.61. The second-order valence-electron chi connectivity index (χ2n) is 6.39. The summed E-state index contributed by atoms with van der Waals surface area (Å²) in [5.74, 6) is 0.772. The van der Waals surface area contributed by atoms with E-state index in [9.17, 15) is 0 Å². The second-order valence-corrected chi connectivity index (χ2v) is 6.39. The van der Waals surface area contributed by atoms with Gasteiger partial charge < -0.3 is 10.6 Å². The summed E-state index contributed by atoms with van der Waals surface area (Å²) >= 11 is 0. The van der Waals surface area contributed by atoms with Gasteiger partial charge in [0.1, 0.15) is 0 Å². The van der Waals surface area contributed by atoms with E-state index in [1.165, 1.54) is 0 Å². The maximum absolute atomic E-state index is 4.61. The van der Waals surface area contributed by atoms with Crippen molar-refractivity contribution < 1.29 is 0 Å². The molecule has 0 amide bonds. The van der Waals surface area contributed by atoms with Crippen LogP contribution < -0.4 is 10.6 Å². The van der Waals surface area contributed by atoms with Crippen LogP contribution in [0.3, 0.4) is 0 Å². The van der Waals surface area contributed by atoms with Gasteiger partial charge in [-0.3, -0.25) is 9.98 Å². The Morgan fingerprint density at radius 1 is 1.07 bits per heavy atom. The molecular formula is C21H26N6. The molecule has 0 saturated carbocycles. The molecule has 0 aliphatic heterocycles. The van der Waals surface area contributed by atoms with Crippen molar-refractivity contribution in [2.45, 2.75) is 26.8 Å². The van der Waals surface area contributed by atoms with Gasteiger partial charge in [-0.1, -0.05) is 24.3 Å². The van der Waals surface area contributed by atoms with Gasteiger partial charge >= 0.3 is 0 Å². The van der Waals surface area contributed by atoms with Gasteiger partial charge in [-0.25, -0.2) is 4.68 Å². The van der Waals surface area contributed by atoms with E-state index in [1.54, 1.807) is 7.05 Å². The Morgan fingerprint density at radius 2 is 1.89 bits per heavy atom. The Kier molecular flexibility index (Phi) is 6.20. The first-order chi connectivity index (χ1) is 13.2. The normalized spacial score (nSPS) is 11.4. The number of aryl methyl sites for hydroxylation is 2. The standard InChI is InChI=1S/C21H26N6/c1-16-14-17(2)27(26-16)20-10-5-4-8-18(20)15-25-21(22-3)24-13-11-19-9-6-7-12-23-19/h4-10,12,14H,11,13,15H2,1-3H3,(H2,22,24,25). The zero-order valence-electron chi connectivity index (χ0n) is 16.1. The van der Waals surface area contributed by atoms with Crippen molar-refractivity contribution in [3.8, 4) is 5.69 Å². The van der Waals surface area contributed by atoms with Crippen LogP contribution in [0.5, 0.6) is 0 Å². The third-order valence-electron chi connectivity index (χ3n) is 4.30. The fourth-order valence-electron chi connectivity index (χ4n) is 2.99. The predicted molar refractivity (Wildman–Crippen MR) is 109 cm³/mol. The second kappa shape index (κ2) is 8.98. The summed E-state index contributed by atoms with van der Waals surface area (Å²) in [6.45, 7) is 5.52. The van der Waals surface area contributed by atoms with Crippen molar-refractivity contribution >= 4 is 5.96 Å². The molecule has 0 unspecified atom stereocenters. The molecule has 3 rings (SSSR count). The molecule has 0 aliphatic carbocycles. The molecule has 27 heavy (non-hydrogen) atoms. The molecule has 140 valence electrons. The van der Waals surface area contributed by atoms with Crippen LogP contribution in [0.1, 0.15) is 22.6 Å². The minimum atomic E-state index is 0.664. The van der Waals surface area contributed by atoms with E-state index in [2.05, 4.69) is 50.8 Å². The first-order valence-electron chi connectivity index (χ1n) is 9.13. The predicted octanol–water partition coefficient (Wildman–Crippen LogP) is 2.79. The number of aromatic nitrogens is 3. The molecule has 6 nitrogen and oxygen atoms in total. The van der Waals surface area contributed by atoms with Gasteiger partial charge in [0.25, 0.3) is 0 Å². The summed E-state index contributed by atoms with van der Waals surface area (Å²) in [4.78, 5) is 8.65. The zero-order chi connectivity index (χ0) is 19.1. The van der Waals surface area contributed by atoms with Crippen molar-refractivity contribution in [2.75, 3.05) is 13.6 Å². The van der Waals surface area contributed by atoms with Crippen molar-refractivity contribution in [1.82, 2.24) is 25.4 Å². The molecule has 6 heteroatoms. The minimum absolute atomic E-state index is 0.664. The number of rotatable bonds is 6. The van der Waals surface area contributed by atoms with Crippen molar-refractivity contribution in [3.05, 3.63) is 77.4 Å². The zero-order valence-corrected chi connectivity index (χ0v) is 16.1. The number of nitrogens with zero attached hydrogens (tertiary/aromatic N) is 4. The smallest absolute Gasteiger partial charge is 0.191 e. The third-order valence-corrected chi connectivity index (χ3v) is 4.30. The van der Waals surface area contributed by atoms with Gasteiger partial charge in [-0.05, 0) is 43.7 Å². The average molecular weight is 362 g/mol. The van der Waals surface area contributed by atoms with E-state index in [0.717, 1.165) is 47.3 Å². The Morgan fingerprint density at radius 3 is 2.59 bits per heavy atom. The van der Waals surface area contributed by atoms with Crippen molar-refractivity contribution in [3.63, 3.8) is 0 Å². The molecule has 0 fully saturated rings. The highest BCUT2D eigenvalue weighted by Gasteiger charge is 2.09. The van der Waals surface area contributed by atoms with Gasteiger partial charge in [0.15, 0.2) is 5.96 Å². The molecule has 0 aliphatic rings. The van der Waals surface area contributed by atoms with Crippen LogP contribution in [0.4, 0.5) is 0 Å². The molecule has 0 bridgehead atoms. The summed E-state index contributed by atoms with van der Waals surface area (Å²) in [6, 6.07) is 16.3. The number of hydrogen-bond donors (Lipinski definition) is 2. The third kappa shape index (κ3) is 4.94. The fourth-order valence-corrected chi connectivity index (χ4v) is 2.99. The lowest BCUT2D eigenvalue weighted by Gasteiger charge is -2.15. The highest BCUT2D eigenvalue weighted by atomic mass is 15.3. The molecule has 0 saturated heterocycles. The van der Waals surface area contributed by atoms with Crippen LogP contribution in [-0.2, 0) is 13.0 Å². The van der Waals surface area contributed by atoms with Crippen molar-refractivity contribution in [1.29, 1.82) is 0 Å². The molecule has 0 radical (unpaired) electrons. The fraction of sp³-hybridized carbons (Fsp3) is 0.286.